The number of anilines is 1. The van der Waals surface area contributed by atoms with Gasteiger partial charge in [0.15, 0.2) is 0 Å². The van der Waals surface area contributed by atoms with Crippen LogP contribution in [0.2, 0.25) is 5.02 Å². The molecule has 0 spiro atoms. The van der Waals surface area contributed by atoms with Crippen molar-refractivity contribution in [2.24, 2.45) is 0 Å². The molecule has 0 heterocycles. The molecule has 0 aliphatic carbocycles. The number of ether oxygens (including phenoxy) is 1. The van der Waals surface area contributed by atoms with Crippen molar-refractivity contribution in [2.45, 2.75) is 50.6 Å². The molecule has 10 heteroatoms. The summed E-state index contributed by atoms with van der Waals surface area (Å²) in [6, 6.07) is 20.6. The molecule has 0 fully saturated rings. The molecular formula is C30H36ClN3O5S. The minimum Gasteiger partial charge on any atom is -0.497 e. The number of carbonyl (C=O) groups excluding carboxylic acids is 2. The summed E-state index contributed by atoms with van der Waals surface area (Å²) >= 11 is 6.06. The summed E-state index contributed by atoms with van der Waals surface area (Å²) in [4.78, 5) is 28.7. The summed E-state index contributed by atoms with van der Waals surface area (Å²) < 4.78 is 34.0. The third-order valence-corrected chi connectivity index (χ3v) is 8.49. The van der Waals surface area contributed by atoms with Gasteiger partial charge in [-0.2, -0.15) is 0 Å². The van der Waals surface area contributed by atoms with Crippen molar-refractivity contribution in [3.05, 3.63) is 89.4 Å². The Bertz CT molecular complexity index is 1350. The van der Waals surface area contributed by atoms with Crippen LogP contribution in [0.15, 0.2) is 83.8 Å². The number of unbranched alkanes of at least 4 members (excludes halogenated alkanes) is 1. The van der Waals surface area contributed by atoms with Crippen molar-refractivity contribution < 1.29 is 22.7 Å². The number of rotatable bonds is 14. The molecule has 0 unspecified atom stereocenters. The SMILES string of the molecule is CCCCNC(=O)[C@H](CC)N(Cc1ccc(Cl)cc1)C(=O)CN(c1ccccc1)S(=O)(=O)c1ccc(OC)cc1. The average Bonchev–Trinajstić information content (AvgIpc) is 2.97. The average molecular weight is 586 g/mol. The first-order chi connectivity index (χ1) is 19.2. The van der Waals surface area contributed by atoms with E-state index >= 15 is 0 Å². The van der Waals surface area contributed by atoms with Crippen molar-refractivity contribution in [1.29, 1.82) is 0 Å². The van der Waals surface area contributed by atoms with Crippen LogP contribution in [0.3, 0.4) is 0 Å². The van der Waals surface area contributed by atoms with E-state index in [1.165, 1.54) is 24.1 Å². The first-order valence-electron chi connectivity index (χ1n) is 13.2. The monoisotopic (exact) mass is 585 g/mol. The van der Waals surface area contributed by atoms with Crippen LogP contribution in [0.25, 0.3) is 0 Å². The molecule has 0 aromatic heterocycles. The molecule has 0 bridgehead atoms. The highest BCUT2D eigenvalue weighted by Gasteiger charge is 2.33. The van der Waals surface area contributed by atoms with Gasteiger partial charge < -0.3 is 15.0 Å². The number of carbonyl (C=O) groups is 2. The number of hydrogen-bond acceptors (Lipinski definition) is 5. The zero-order chi connectivity index (χ0) is 29.1. The van der Waals surface area contributed by atoms with Gasteiger partial charge in [0, 0.05) is 18.1 Å². The molecule has 3 aromatic carbocycles. The molecule has 0 aliphatic heterocycles. The standard InChI is InChI=1S/C30H36ClN3O5S/c1-4-6-20-32-30(36)28(5-2)33(21-23-12-14-24(31)15-13-23)29(35)22-34(25-10-8-7-9-11-25)40(37,38)27-18-16-26(39-3)17-19-27/h7-19,28H,4-6,20-22H2,1-3H3,(H,32,36)/t28-/m0/s1. The zero-order valence-corrected chi connectivity index (χ0v) is 24.6. The molecule has 0 saturated carbocycles. The van der Waals surface area contributed by atoms with E-state index in [0.29, 0.717) is 29.4 Å². The highest BCUT2D eigenvalue weighted by Crippen LogP contribution is 2.26. The topological polar surface area (TPSA) is 96.0 Å². The highest BCUT2D eigenvalue weighted by atomic mass is 35.5. The molecule has 3 aromatic rings. The largest absolute Gasteiger partial charge is 0.497 e. The molecule has 0 aliphatic rings. The number of benzene rings is 3. The van der Waals surface area contributed by atoms with Crippen LogP contribution < -0.4 is 14.4 Å². The van der Waals surface area contributed by atoms with Gasteiger partial charge in [-0.05, 0) is 66.9 Å². The summed E-state index contributed by atoms with van der Waals surface area (Å²) in [6.07, 6.45) is 2.09. The molecule has 0 saturated heterocycles. The van der Waals surface area contributed by atoms with E-state index < -0.39 is 28.5 Å². The van der Waals surface area contributed by atoms with Crippen LogP contribution in [-0.2, 0) is 26.2 Å². The van der Waals surface area contributed by atoms with Gasteiger partial charge in [0.2, 0.25) is 11.8 Å². The van der Waals surface area contributed by atoms with Crippen LogP contribution in [0.1, 0.15) is 38.7 Å². The second kappa shape index (κ2) is 14.7. The van der Waals surface area contributed by atoms with Crippen molar-refractivity contribution in [3.8, 4) is 5.75 Å². The Hall–Kier alpha value is -3.56. The van der Waals surface area contributed by atoms with Gasteiger partial charge in [-0.15, -0.1) is 0 Å². The smallest absolute Gasteiger partial charge is 0.264 e. The maximum atomic E-state index is 14.0. The lowest BCUT2D eigenvalue weighted by Crippen LogP contribution is -2.52. The molecule has 1 N–H and O–H groups in total. The fourth-order valence-electron chi connectivity index (χ4n) is 4.21. The summed E-state index contributed by atoms with van der Waals surface area (Å²) in [5, 5.41) is 3.47. The van der Waals surface area contributed by atoms with E-state index in [1.807, 2.05) is 13.8 Å². The van der Waals surface area contributed by atoms with Crippen LogP contribution in [-0.4, -0.2) is 51.4 Å². The van der Waals surface area contributed by atoms with E-state index in [9.17, 15) is 18.0 Å². The lowest BCUT2D eigenvalue weighted by atomic mass is 10.1. The Kier molecular flexibility index (Phi) is 11.4. The number of methoxy groups -OCH3 is 1. The first kappa shape index (κ1) is 31.0. The molecule has 1 atom stereocenters. The first-order valence-corrected chi connectivity index (χ1v) is 15.1. The predicted octanol–water partition coefficient (Wildman–Crippen LogP) is 5.27. The lowest BCUT2D eigenvalue weighted by molar-refractivity contribution is -0.140. The van der Waals surface area contributed by atoms with Gasteiger partial charge >= 0.3 is 0 Å². The number of halogens is 1. The third-order valence-electron chi connectivity index (χ3n) is 6.45. The fourth-order valence-corrected chi connectivity index (χ4v) is 5.75. The summed E-state index contributed by atoms with van der Waals surface area (Å²) in [7, 11) is -2.65. The Morgan fingerprint density at radius 3 is 2.17 bits per heavy atom. The van der Waals surface area contributed by atoms with E-state index in [0.717, 1.165) is 22.7 Å². The molecule has 0 radical (unpaired) electrons. The van der Waals surface area contributed by atoms with Crippen LogP contribution in [0, 0.1) is 0 Å². The van der Waals surface area contributed by atoms with E-state index in [-0.39, 0.29) is 17.3 Å². The second-order valence-electron chi connectivity index (χ2n) is 9.24. The van der Waals surface area contributed by atoms with Gasteiger partial charge in [0.1, 0.15) is 18.3 Å². The van der Waals surface area contributed by atoms with E-state index in [4.69, 9.17) is 16.3 Å². The van der Waals surface area contributed by atoms with Crippen molar-refractivity contribution in [3.63, 3.8) is 0 Å². The summed E-state index contributed by atoms with van der Waals surface area (Å²) in [6.45, 7) is 3.97. The molecule has 2 amide bonds. The number of nitrogens with one attached hydrogen (secondary N) is 1. The molecular weight excluding hydrogens is 550 g/mol. The Balaban J connectivity index is 2.00. The Labute approximate surface area is 241 Å². The number of amides is 2. The van der Waals surface area contributed by atoms with Crippen molar-refractivity contribution >= 4 is 39.1 Å². The zero-order valence-electron chi connectivity index (χ0n) is 23.0. The number of hydrogen-bond donors (Lipinski definition) is 1. The number of para-hydroxylation sites is 1. The molecule has 40 heavy (non-hydrogen) atoms. The predicted molar refractivity (Wildman–Crippen MR) is 158 cm³/mol. The van der Waals surface area contributed by atoms with Crippen molar-refractivity contribution in [2.75, 3.05) is 24.5 Å². The third kappa shape index (κ3) is 7.99. The summed E-state index contributed by atoms with van der Waals surface area (Å²) in [5.41, 5.74) is 1.10. The van der Waals surface area contributed by atoms with Gasteiger partial charge in [0.05, 0.1) is 17.7 Å². The van der Waals surface area contributed by atoms with Gasteiger partial charge in [0.25, 0.3) is 10.0 Å². The number of nitrogens with zero attached hydrogens (tertiary/aromatic N) is 2. The molecule has 8 nitrogen and oxygen atoms in total. The molecule has 214 valence electrons. The van der Waals surface area contributed by atoms with Gasteiger partial charge in [-0.1, -0.05) is 62.2 Å². The van der Waals surface area contributed by atoms with Crippen LogP contribution >= 0.6 is 11.6 Å². The minimum atomic E-state index is -4.14. The highest BCUT2D eigenvalue weighted by molar-refractivity contribution is 7.92. The van der Waals surface area contributed by atoms with Crippen LogP contribution in [0.5, 0.6) is 5.75 Å². The minimum absolute atomic E-state index is 0.0126. The van der Waals surface area contributed by atoms with Crippen LogP contribution in [0.4, 0.5) is 5.69 Å². The maximum Gasteiger partial charge on any atom is 0.264 e. The Morgan fingerprint density at radius 1 is 0.950 bits per heavy atom. The maximum absolute atomic E-state index is 14.0. The normalized spacial score (nSPS) is 11.9. The lowest BCUT2D eigenvalue weighted by Gasteiger charge is -2.33. The van der Waals surface area contributed by atoms with E-state index in [1.54, 1.807) is 66.7 Å². The molecule has 3 rings (SSSR count). The quantitative estimate of drug-likeness (QED) is 0.260. The van der Waals surface area contributed by atoms with Gasteiger partial charge in [-0.3, -0.25) is 13.9 Å². The van der Waals surface area contributed by atoms with Gasteiger partial charge in [-0.25, -0.2) is 8.42 Å². The Morgan fingerprint density at radius 2 is 1.60 bits per heavy atom. The van der Waals surface area contributed by atoms with E-state index in [2.05, 4.69) is 5.32 Å². The number of sulfonamides is 1. The summed E-state index contributed by atoms with van der Waals surface area (Å²) in [5.74, 6) is -0.272. The van der Waals surface area contributed by atoms with Crippen molar-refractivity contribution in [1.82, 2.24) is 10.2 Å². The second-order valence-corrected chi connectivity index (χ2v) is 11.5. The fraction of sp³-hybridized carbons (Fsp3) is 0.333.